The third-order valence-electron chi connectivity index (χ3n) is 4.42. The van der Waals surface area contributed by atoms with Gasteiger partial charge < -0.3 is 18.9 Å². The van der Waals surface area contributed by atoms with Crippen molar-refractivity contribution in [3.05, 3.63) is 32.5 Å². The van der Waals surface area contributed by atoms with Gasteiger partial charge in [-0.05, 0) is 13.8 Å². The molecule has 0 aromatic carbocycles. The minimum atomic E-state index is -0.478. The van der Waals surface area contributed by atoms with E-state index in [1.54, 1.807) is 9.47 Å². The van der Waals surface area contributed by atoms with Crippen molar-refractivity contribution in [2.45, 2.75) is 33.2 Å². The van der Waals surface area contributed by atoms with E-state index in [1.807, 2.05) is 19.2 Å². The zero-order valence-corrected chi connectivity index (χ0v) is 15.6. The second kappa shape index (κ2) is 7.81. The maximum atomic E-state index is 12.1. The highest BCUT2D eigenvalue weighted by Crippen LogP contribution is 2.08. The summed E-state index contributed by atoms with van der Waals surface area (Å²) < 4.78 is 6.89. The number of nitrogens with zero attached hydrogens (tertiary/aromatic N) is 5. The second-order valence-corrected chi connectivity index (χ2v) is 6.90. The SMILES string of the molecule is CCN1CCN(CCc2noc(CCn3c(C)csc3=O)n2)C(=O)C1=O. The van der Waals surface area contributed by atoms with Crippen molar-refractivity contribution in [1.82, 2.24) is 24.5 Å². The average molecular weight is 379 g/mol. The van der Waals surface area contributed by atoms with Crippen LogP contribution in [0.5, 0.6) is 0 Å². The van der Waals surface area contributed by atoms with E-state index in [9.17, 15) is 14.4 Å². The van der Waals surface area contributed by atoms with Crippen LogP contribution in [-0.2, 0) is 29.0 Å². The van der Waals surface area contributed by atoms with Gasteiger partial charge in [0.1, 0.15) is 0 Å². The van der Waals surface area contributed by atoms with Crippen molar-refractivity contribution in [1.29, 1.82) is 0 Å². The van der Waals surface area contributed by atoms with Crippen LogP contribution >= 0.6 is 11.3 Å². The Balaban J connectivity index is 1.52. The van der Waals surface area contributed by atoms with Crippen LogP contribution in [-0.4, -0.2) is 62.5 Å². The molecule has 0 saturated carbocycles. The molecular formula is C16H21N5O4S. The lowest BCUT2D eigenvalue weighted by molar-refractivity contribution is -0.155. The van der Waals surface area contributed by atoms with Gasteiger partial charge in [-0.1, -0.05) is 16.5 Å². The summed E-state index contributed by atoms with van der Waals surface area (Å²) in [5, 5.41) is 5.73. The molecule has 0 spiro atoms. The van der Waals surface area contributed by atoms with E-state index in [0.717, 1.165) is 5.69 Å². The molecule has 0 radical (unpaired) electrons. The molecule has 1 saturated heterocycles. The second-order valence-electron chi connectivity index (χ2n) is 6.08. The van der Waals surface area contributed by atoms with Gasteiger partial charge in [0.2, 0.25) is 5.89 Å². The molecule has 2 aromatic rings. The highest BCUT2D eigenvalue weighted by atomic mass is 32.1. The highest BCUT2D eigenvalue weighted by molar-refractivity contribution is 7.07. The summed E-state index contributed by atoms with van der Waals surface area (Å²) in [6.45, 7) is 6.21. The largest absolute Gasteiger partial charge is 0.339 e. The zero-order valence-electron chi connectivity index (χ0n) is 14.8. The molecular weight excluding hydrogens is 358 g/mol. The van der Waals surface area contributed by atoms with E-state index in [-0.39, 0.29) is 4.87 Å². The summed E-state index contributed by atoms with van der Waals surface area (Å²) in [4.78, 5) is 43.0. The molecule has 2 aromatic heterocycles. The van der Waals surface area contributed by atoms with Gasteiger partial charge in [-0.15, -0.1) is 0 Å². The average Bonchev–Trinajstić information content (AvgIpc) is 3.21. The molecule has 1 aliphatic rings. The Morgan fingerprint density at radius 3 is 2.54 bits per heavy atom. The maximum absolute atomic E-state index is 12.1. The molecule has 9 nitrogen and oxygen atoms in total. The third kappa shape index (κ3) is 3.85. The minimum Gasteiger partial charge on any atom is -0.339 e. The minimum absolute atomic E-state index is 0.00311. The van der Waals surface area contributed by atoms with Gasteiger partial charge in [0.15, 0.2) is 5.82 Å². The van der Waals surface area contributed by atoms with Crippen LogP contribution in [0.25, 0.3) is 0 Å². The number of likely N-dealkylation sites (N-methyl/N-ethyl adjacent to an activating group) is 1. The van der Waals surface area contributed by atoms with Crippen molar-refractivity contribution in [3.8, 4) is 0 Å². The Kier molecular flexibility index (Phi) is 5.50. The van der Waals surface area contributed by atoms with Crippen molar-refractivity contribution in [2.75, 3.05) is 26.2 Å². The van der Waals surface area contributed by atoms with Crippen LogP contribution in [0.1, 0.15) is 24.3 Å². The number of amides is 2. The molecule has 3 heterocycles. The molecule has 2 amide bonds. The molecule has 140 valence electrons. The lowest BCUT2D eigenvalue weighted by Gasteiger charge is -2.32. The number of piperazine rings is 1. The van der Waals surface area contributed by atoms with Crippen LogP contribution < -0.4 is 4.87 Å². The summed E-state index contributed by atoms with van der Waals surface area (Å²) in [7, 11) is 0. The summed E-state index contributed by atoms with van der Waals surface area (Å²) in [6.07, 6.45) is 0.892. The van der Waals surface area contributed by atoms with Crippen LogP contribution in [0.2, 0.25) is 0 Å². The number of hydrogen-bond donors (Lipinski definition) is 0. The Morgan fingerprint density at radius 1 is 1.12 bits per heavy atom. The zero-order chi connectivity index (χ0) is 18.7. The first-order valence-corrected chi connectivity index (χ1v) is 9.42. The van der Waals surface area contributed by atoms with Crippen molar-refractivity contribution >= 4 is 23.2 Å². The normalized spacial score (nSPS) is 15.2. The standard InChI is InChI=1S/C16H21N5O4S/c1-3-19-8-9-20(15(23)14(19)22)6-4-12-17-13(25-18-12)5-7-21-11(2)10-26-16(21)24/h10H,3-9H2,1-2H3. The van der Waals surface area contributed by atoms with Gasteiger partial charge in [0.25, 0.3) is 0 Å². The lowest BCUT2D eigenvalue weighted by atomic mass is 10.2. The van der Waals surface area contributed by atoms with Crippen molar-refractivity contribution in [2.24, 2.45) is 0 Å². The van der Waals surface area contributed by atoms with Crippen molar-refractivity contribution in [3.63, 3.8) is 0 Å². The fourth-order valence-electron chi connectivity index (χ4n) is 2.84. The fourth-order valence-corrected chi connectivity index (χ4v) is 3.60. The van der Waals surface area contributed by atoms with E-state index in [1.165, 1.54) is 16.2 Å². The van der Waals surface area contributed by atoms with E-state index in [4.69, 9.17) is 4.52 Å². The molecule has 0 aliphatic carbocycles. The third-order valence-corrected chi connectivity index (χ3v) is 5.30. The quantitative estimate of drug-likeness (QED) is 0.631. The van der Waals surface area contributed by atoms with Gasteiger partial charge in [-0.25, -0.2) is 0 Å². The summed E-state index contributed by atoms with van der Waals surface area (Å²) in [5.74, 6) is 0.0153. The first-order valence-electron chi connectivity index (χ1n) is 8.54. The highest BCUT2D eigenvalue weighted by Gasteiger charge is 2.31. The van der Waals surface area contributed by atoms with Crippen LogP contribution in [0.3, 0.4) is 0 Å². The number of hydrogen-bond acceptors (Lipinski definition) is 7. The molecule has 0 unspecified atom stereocenters. The number of carbonyl (C=O) groups excluding carboxylic acids is 2. The molecule has 26 heavy (non-hydrogen) atoms. The van der Waals surface area contributed by atoms with E-state index in [2.05, 4.69) is 10.1 Å². The van der Waals surface area contributed by atoms with Crippen molar-refractivity contribution < 1.29 is 14.1 Å². The fraction of sp³-hybridized carbons (Fsp3) is 0.562. The summed E-state index contributed by atoms with van der Waals surface area (Å²) in [5.41, 5.74) is 0.911. The Morgan fingerprint density at radius 2 is 1.85 bits per heavy atom. The van der Waals surface area contributed by atoms with Crippen LogP contribution in [0.15, 0.2) is 14.7 Å². The Labute approximate surface area is 154 Å². The molecule has 0 atom stereocenters. The van der Waals surface area contributed by atoms with Gasteiger partial charge in [0.05, 0.1) is 0 Å². The molecule has 3 rings (SSSR count). The molecule has 10 heteroatoms. The smallest absolute Gasteiger partial charge is 0.312 e. The van der Waals surface area contributed by atoms with Gasteiger partial charge in [-0.3, -0.25) is 14.4 Å². The van der Waals surface area contributed by atoms with Crippen LogP contribution in [0.4, 0.5) is 0 Å². The molecule has 0 bridgehead atoms. The van der Waals surface area contributed by atoms with Gasteiger partial charge in [0, 0.05) is 56.6 Å². The Hall–Kier alpha value is -2.49. The van der Waals surface area contributed by atoms with E-state index in [0.29, 0.717) is 57.3 Å². The van der Waals surface area contributed by atoms with Gasteiger partial charge >= 0.3 is 16.7 Å². The summed E-state index contributed by atoms with van der Waals surface area (Å²) in [6, 6.07) is 0. The molecule has 1 aliphatic heterocycles. The predicted octanol–water partition coefficient (Wildman–Crippen LogP) is 0.0771. The van der Waals surface area contributed by atoms with Gasteiger partial charge in [-0.2, -0.15) is 4.98 Å². The summed E-state index contributed by atoms with van der Waals surface area (Å²) >= 11 is 1.17. The molecule has 1 fully saturated rings. The number of aryl methyl sites for hydroxylation is 2. The monoisotopic (exact) mass is 379 g/mol. The van der Waals surface area contributed by atoms with E-state index < -0.39 is 11.8 Å². The first-order chi connectivity index (χ1) is 12.5. The lowest BCUT2D eigenvalue weighted by Crippen LogP contribution is -2.54. The number of carbonyl (C=O) groups is 2. The number of thiazole rings is 1. The number of aromatic nitrogens is 3. The van der Waals surface area contributed by atoms with Crippen LogP contribution in [0, 0.1) is 6.92 Å². The number of rotatable bonds is 7. The first kappa shape index (κ1) is 18.3. The van der Waals surface area contributed by atoms with E-state index >= 15 is 0 Å². The predicted molar refractivity (Wildman–Crippen MR) is 93.9 cm³/mol. The Bertz CT molecular complexity index is 855. The molecule has 0 N–H and O–H groups in total. The topological polar surface area (TPSA) is 102 Å². The maximum Gasteiger partial charge on any atom is 0.312 e.